The summed E-state index contributed by atoms with van der Waals surface area (Å²) in [5.41, 5.74) is 21.5. The van der Waals surface area contributed by atoms with Gasteiger partial charge in [-0.15, -0.1) is 11.0 Å². The van der Waals surface area contributed by atoms with E-state index in [0.717, 1.165) is 55.9 Å². The van der Waals surface area contributed by atoms with Gasteiger partial charge in [0.15, 0.2) is 0 Å². The minimum absolute atomic E-state index is 0.179. The highest BCUT2D eigenvalue weighted by Gasteiger charge is 2.32. The summed E-state index contributed by atoms with van der Waals surface area (Å²) >= 11 is 0. The van der Waals surface area contributed by atoms with E-state index in [-0.39, 0.29) is 10.8 Å². The fourth-order valence-electron chi connectivity index (χ4n) is 6.91. The second kappa shape index (κ2) is 16.5. The second-order valence-corrected chi connectivity index (χ2v) is 18.2. The molecule has 0 spiro atoms. The minimum atomic E-state index is -0.578. The summed E-state index contributed by atoms with van der Waals surface area (Å²) in [4.78, 5) is 13.1. The van der Waals surface area contributed by atoms with E-state index in [1.807, 2.05) is 12.1 Å². The molecular formula is C52H58N2O2. The van der Waals surface area contributed by atoms with Crippen LogP contribution in [0.1, 0.15) is 93.2 Å². The van der Waals surface area contributed by atoms with E-state index in [2.05, 4.69) is 203 Å². The molecule has 0 saturated carbocycles. The highest BCUT2D eigenvalue weighted by atomic mass is 16.7. The third-order valence-corrected chi connectivity index (χ3v) is 10.3. The summed E-state index contributed by atoms with van der Waals surface area (Å²) in [6, 6.07) is 51.1. The Hall–Kier alpha value is -5.16. The van der Waals surface area contributed by atoms with Crippen LogP contribution in [-0.4, -0.2) is 11.2 Å². The van der Waals surface area contributed by atoms with Gasteiger partial charge in [-0.1, -0.05) is 163 Å². The molecule has 56 heavy (non-hydrogen) atoms. The molecular weight excluding hydrogens is 685 g/mol. The van der Waals surface area contributed by atoms with E-state index in [1.54, 1.807) is 0 Å². The molecule has 4 nitrogen and oxygen atoms in total. The van der Waals surface area contributed by atoms with Crippen LogP contribution in [0.5, 0.6) is 0 Å². The van der Waals surface area contributed by atoms with Crippen LogP contribution in [0, 0.1) is 0 Å². The molecule has 2 radical (unpaired) electrons. The Kier molecular flexibility index (Phi) is 11.9. The van der Waals surface area contributed by atoms with Crippen LogP contribution in [0.15, 0.2) is 146 Å². The Morgan fingerprint density at radius 1 is 0.357 bits per heavy atom. The van der Waals surface area contributed by atoms with Gasteiger partial charge in [-0.25, -0.2) is 9.68 Å². The molecule has 0 saturated heterocycles. The van der Waals surface area contributed by atoms with Crippen molar-refractivity contribution in [3.05, 3.63) is 157 Å². The summed E-state index contributed by atoms with van der Waals surface area (Å²) in [7, 11) is 0. The van der Waals surface area contributed by atoms with E-state index >= 15 is 0 Å². The third-order valence-electron chi connectivity index (χ3n) is 10.3. The lowest BCUT2D eigenvalue weighted by Gasteiger charge is -2.32. The second-order valence-electron chi connectivity index (χ2n) is 18.2. The average Bonchev–Trinajstić information content (AvgIpc) is 3.19. The van der Waals surface area contributed by atoms with E-state index < -0.39 is 11.2 Å². The normalized spacial score (nSPS) is 12.4. The Labute approximate surface area is 336 Å². The number of rotatable bonds is 13. The summed E-state index contributed by atoms with van der Waals surface area (Å²) in [6.07, 6.45) is 1.41. The van der Waals surface area contributed by atoms with Crippen LogP contribution in [-0.2, 0) is 20.5 Å². The lowest BCUT2D eigenvalue weighted by atomic mass is 9.81. The maximum Gasteiger partial charge on any atom is 0.102 e. The van der Waals surface area contributed by atoms with Gasteiger partial charge in [0.1, 0.15) is 11.4 Å². The predicted molar refractivity (Wildman–Crippen MR) is 235 cm³/mol. The Balaban J connectivity index is 1.24. The predicted octanol–water partition coefficient (Wildman–Crippen LogP) is 14.3. The van der Waals surface area contributed by atoms with Crippen LogP contribution in [0.4, 0.5) is 11.4 Å². The SMILES string of the molecule is CC(C)(CCC(C)(C)O[N]c1c(-c2ccccc2)cc(-c2ccccc2)cc1C(C)(C)C)O[N]c1c(-c2ccccc2)cc(-c2ccccc2)cc1C(C)(C)C. The maximum absolute atomic E-state index is 6.55. The monoisotopic (exact) mass is 742 g/mol. The van der Waals surface area contributed by atoms with E-state index in [4.69, 9.17) is 20.6 Å². The molecule has 0 aromatic heterocycles. The van der Waals surface area contributed by atoms with Crippen molar-refractivity contribution in [2.45, 2.75) is 104 Å². The van der Waals surface area contributed by atoms with Crippen molar-refractivity contribution in [3.63, 3.8) is 0 Å². The van der Waals surface area contributed by atoms with E-state index in [9.17, 15) is 0 Å². The van der Waals surface area contributed by atoms with Crippen molar-refractivity contribution >= 4 is 11.4 Å². The zero-order valence-electron chi connectivity index (χ0n) is 35.0. The van der Waals surface area contributed by atoms with Gasteiger partial charge in [-0.2, -0.15) is 0 Å². The lowest BCUT2D eigenvalue weighted by Crippen LogP contribution is -2.34. The molecule has 0 unspecified atom stereocenters. The van der Waals surface area contributed by atoms with Gasteiger partial charge in [0.05, 0.1) is 11.2 Å². The van der Waals surface area contributed by atoms with Gasteiger partial charge in [0.2, 0.25) is 0 Å². The minimum Gasteiger partial charge on any atom is -0.246 e. The third kappa shape index (κ3) is 9.98. The van der Waals surface area contributed by atoms with Crippen molar-refractivity contribution < 1.29 is 9.68 Å². The number of hydrogen-bond donors (Lipinski definition) is 0. The molecule has 0 fully saturated rings. The first-order valence-electron chi connectivity index (χ1n) is 19.9. The molecule has 6 rings (SSSR count). The molecule has 0 aliphatic carbocycles. The van der Waals surface area contributed by atoms with Crippen LogP contribution >= 0.6 is 0 Å². The molecule has 0 aliphatic heterocycles. The Morgan fingerprint density at radius 2 is 0.643 bits per heavy atom. The molecule has 0 N–H and O–H groups in total. The van der Waals surface area contributed by atoms with Gasteiger partial charge < -0.3 is 0 Å². The van der Waals surface area contributed by atoms with Gasteiger partial charge in [0.25, 0.3) is 0 Å². The standard InChI is InChI=1S/C52H58N2O2/c1-49(2,3)45-35-41(37-23-15-11-16-24-37)33-43(39-27-19-13-20-28-39)47(45)53-55-51(7,8)31-32-52(9,10)56-54-48-44(40-29-21-14-22-30-40)34-42(36-46(48)50(4,5)6)38-25-17-12-18-26-38/h11-30,33-36H,31-32H2,1-10H3. The quantitative estimate of drug-likeness (QED) is 0.111. The van der Waals surface area contributed by atoms with Crippen LogP contribution in [0.2, 0.25) is 0 Å². The largest absolute Gasteiger partial charge is 0.246 e. The highest BCUT2D eigenvalue weighted by Crippen LogP contribution is 2.44. The zero-order chi connectivity index (χ0) is 40.1. The molecule has 0 bridgehead atoms. The van der Waals surface area contributed by atoms with Crippen molar-refractivity contribution in [3.8, 4) is 44.5 Å². The molecule has 0 atom stereocenters. The Bertz CT molecular complexity index is 2040. The summed E-state index contributed by atoms with van der Waals surface area (Å²) in [5.74, 6) is 0. The highest BCUT2D eigenvalue weighted by molar-refractivity contribution is 5.85. The van der Waals surface area contributed by atoms with Gasteiger partial charge >= 0.3 is 0 Å². The fraction of sp³-hybridized carbons (Fsp3) is 0.308. The fourth-order valence-corrected chi connectivity index (χ4v) is 6.91. The first kappa shape index (κ1) is 40.5. The Morgan fingerprint density at radius 3 is 0.929 bits per heavy atom. The van der Waals surface area contributed by atoms with Crippen LogP contribution in [0.3, 0.4) is 0 Å². The van der Waals surface area contributed by atoms with Crippen molar-refractivity contribution in [2.24, 2.45) is 0 Å². The molecule has 0 amide bonds. The molecule has 288 valence electrons. The lowest BCUT2D eigenvalue weighted by molar-refractivity contribution is -0.108. The topological polar surface area (TPSA) is 46.7 Å². The molecule has 0 heterocycles. The van der Waals surface area contributed by atoms with Crippen molar-refractivity contribution in [1.29, 1.82) is 0 Å². The summed E-state index contributed by atoms with van der Waals surface area (Å²) in [6.45, 7) is 21.9. The van der Waals surface area contributed by atoms with Crippen LogP contribution in [0.25, 0.3) is 44.5 Å². The van der Waals surface area contributed by atoms with Gasteiger partial charge in [0, 0.05) is 11.1 Å². The van der Waals surface area contributed by atoms with E-state index in [1.165, 1.54) is 11.1 Å². The number of nitrogens with zero attached hydrogens (tertiary/aromatic N) is 2. The average molecular weight is 743 g/mol. The van der Waals surface area contributed by atoms with E-state index in [0.29, 0.717) is 12.8 Å². The number of hydrogen-bond acceptors (Lipinski definition) is 2. The number of benzene rings is 6. The van der Waals surface area contributed by atoms with Gasteiger partial charge in [-0.3, -0.25) is 0 Å². The van der Waals surface area contributed by atoms with Crippen molar-refractivity contribution in [1.82, 2.24) is 11.0 Å². The first-order valence-corrected chi connectivity index (χ1v) is 19.9. The van der Waals surface area contributed by atoms with Crippen molar-refractivity contribution in [2.75, 3.05) is 0 Å². The zero-order valence-corrected chi connectivity index (χ0v) is 35.0. The first-order chi connectivity index (χ1) is 26.5. The van der Waals surface area contributed by atoms with Gasteiger partial charge in [-0.05, 0) is 120 Å². The molecule has 4 heteroatoms. The summed E-state index contributed by atoms with van der Waals surface area (Å²) < 4.78 is 0. The maximum atomic E-state index is 6.55. The van der Waals surface area contributed by atoms with Crippen LogP contribution < -0.4 is 11.0 Å². The smallest absolute Gasteiger partial charge is 0.102 e. The molecule has 6 aromatic carbocycles. The summed E-state index contributed by atoms with van der Waals surface area (Å²) in [5, 5.41) is 0. The molecule has 0 aliphatic rings. The molecule has 6 aromatic rings.